The van der Waals surface area contributed by atoms with E-state index in [0.29, 0.717) is 36.4 Å². The Kier molecular flexibility index (Phi) is 4.77. The highest BCUT2D eigenvalue weighted by atomic mass is 16.5. The molecule has 1 aromatic rings. The van der Waals surface area contributed by atoms with Gasteiger partial charge in [0.1, 0.15) is 23.1 Å². The normalized spacial score (nSPS) is 25.6. The maximum absolute atomic E-state index is 12.7. The van der Waals surface area contributed by atoms with E-state index in [9.17, 15) is 14.4 Å². The van der Waals surface area contributed by atoms with Crippen LogP contribution in [0.15, 0.2) is 18.2 Å². The molecule has 0 unspecified atom stereocenters. The summed E-state index contributed by atoms with van der Waals surface area (Å²) in [7, 11) is 1.57. The van der Waals surface area contributed by atoms with Gasteiger partial charge in [-0.2, -0.15) is 0 Å². The highest BCUT2D eigenvalue weighted by molar-refractivity contribution is 6.00. The topological polar surface area (TPSA) is 84.9 Å². The first kappa shape index (κ1) is 18.8. The van der Waals surface area contributed by atoms with Crippen LogP contribution in [0, 0.1) is 0 Å². The highest BCUT2D eigenvalue weighted by Crippen LogP contribution is 2.41. The fourth-order valence-corrected chi connectivity index (χ4v) is 4.03. The lowest BCUT2D eigenvalue weighted by Crippen LogP contribution is -2.49. The van der Waals surface area contributed by atoms with E-state index in [4.69, 9.17) is 9.47 Å². The minimum absolute atomic E-state index is 0.0179. The van der Waals surface area contributed by atoms with Gasteiger partial charge in [0.05, 0.1) is 19.1 Å². The summed E-state index contributed by atoms with van der Waals surface area (Å²) in [4.78, 5) is 39.4. The van der Waals surface area contributed by atoms with E-state index in [1.807, 2.05) is 0 Å². The number of hydrogen-bond donors (Lipinski definition) is 1. The summed E-state index contributed by atoms with van der Waals surface area (Å²) in [5.74, 6) is 0.978. The fraction of sp³-hybridized carbons (Fsp3) is 0.571. The van der Waals surface area contributed by atoms with Crippen molar-refractivity contribution < 1.29 is 23.9 Å². The molecule has 0 aromatic heterocycles. The summed E-state index contributed by atoms with van der Waals surface area (Å²) in [6, 6.07) is 4.94. The molecule has 7 heteroatoms. The van der Waals surface area contributed by atoms with E-state index < -0.39 is 11.6 Å². The number of ether oxygens (including phenoxy) is 2. The molecular formula is C21H26N2O5. The molecule has 1 spiro atoms. The van der Waals surface area contributed by atoms with Crippen LogP contribution in [0.3, 0.4) is 0 Å². The van der Waals surface area contributed by atoms with Crippen LogP contribution in [-0.2, 0) is 9.59 Å². The molecule has 2 heterocycles. The van der Waals surface area contributed by atoms with Gasteiger partial charge in [0.15, 0.2) is 5.78 Å². The summed E-state index contributed by atoms with van der Waals surface area (Å²) in [6.07, 6.45) is 3.50. The van der Waals surface area contributed by atoms with E-state index >= 15 is 0 Å². The lowest BCUT2D eigenvalue weighted by molar-refractivity contribution is -0.139. The van der Waals surface area contributed by atoms with E-state index in [0.717, 1.165) is 12.8 Å². The molecule has 2 aliphatic heterocycles. The molecule has 0 radical (unpaired) electrons. The van der Waals surface area contributed by atoms with Crippen LogP contribution in [0.5, 0.6) is 11.5 Å². The Balaban J connectivity index is 1.51. The molecule has 1 N–H and O–H groups in total. The van der Waals surface area contributed by atoms with Crippen molar-refractivity contribution in [1.82, 2.24) is 10.2 Å². The molecule has 1 saturated carbocycles. The molecule has 0 bridgehead atoms. The van der Waals surface area contributed by atoms with Gasteiger partial charge in [-0.25, -0.2) is 0 Å². The standard InChI is InChI=1S/C21H26N2O5/c1-13(20(26)22-14-3-4-14)23-10-9-21(8-7-19(23)25)12-17(24)16-6-5-15(27-2)11-18(16)28-21/h5-6,11,13-14H,3-4,7-10,12H2,1-2H3,(H,22,26)/t13-,21+/m1/s1. The number of methoxy groups -OCH3 is 1. The van der Waals surface area contributed by atoms with Gasteiger partial charge in [-0.15, -0.1) is 0 Å². The first-order valence-corrected chi connectivity index (χ1v) is 9.91. The molecule has 2 atom stereocenters. The first-order valence-electron chi connectivity index (χ1n) is 9.91. The van der Waals surface area contributed by atoms with Gasteiger partial charge >= 0.3 is 0 Å². The van der Waals surface area contributed by atoms with Crippen molar-refractivity contribution in [1.29, 1.82) is 0 Å². The molecule has 3 aliphatic rings. The third-order valence-corrected chi connectivity index (χ3v) is 5.99. The maximum Gasteiger partial charge on any atom is 0.242 e. The lowest BCUT2D eigenvalue weighted by Gasteiger charge is -2.37. The Hall–Kier alpha value is -2.57. The van der Waals surface area contributed by atoms with Crippen molar-refractivity contribution in [3.05, 3.63) is 23.8 Å². The van der Waals surface area contributed by atoms with Gasteiger partial charge in [0.2, 0.25) is 11.8 Å². The molecule has 28 heavy (non-hydrogen) atoms. The number of carbonyl (C=O) groups is 3. The predicted octanol–water partition coefficient (Wildman–Crippen LogP) is 2.08. The Labute approximate surface area is 164 Å². The Morgan fingerprint density at radius 2 is 2.11 bits per heavy atom. The molecule has 150 valence electrons. The van der Waals surface area contributed by atoms with Crippen LogP contribution in [-0.4, -0.2) is 53.8 Å². The smallest absolute Gasteiger partial charge is 0.242 e. The van der Waals surface area contributed by atoms with E-state index in [2.05, 4.69) is 5.32 Å². The van der Waals surface area contributed by atoms with E-state index in [1.54, 1.807) is 37.1 Å². The zero-order chi connectivity index (χ0) is 19.9. The van der Waals surface area contributed by atoms with Crippen LogP contribution in [0.2, 0.25) is 0 Å². The molecule has 4 rings (SSSR count). The van der Waals surface area contributed by atoms with Crippen molar-refractivity contribution in [3.63, 3.8) is 0 Å². The zero-order valence-corrected chi connectivity index (χ0v) is 16.3. The van der Waals surface area contributed by atoms with Crippen LogP contribution in [0.4, 0.5) is 0 Å². The molecule has 1 saturated heterocycles. The molecular weight excluding hydrogens is 360 g/mol. The number of amides is 2. The second-order valence-electron chi connectivity index (χ2n) is 8.04. The van der Waals surface area contributed by atoms with Gasteiger partial charge in [0, 0.05) is 31.5 Å². The predicted molar refractivity (Wildman–Crippen MR) is 101 cm³/mol. The van der Waals surface area contributed by atoms with Gasteiger partial charge in [0.25, 0.3) is 0 Å². The van der Waals surface area contributed by atoms with Crippen molar-refractivity contribution >= 4 is 17.6 Å². The summed E-state index contributed by atoms with van der Waals surface area (Å²) in [6.45, 7) is 2.16. The maximum atomic E-state index is 12.7. The number of likely N-dealkylation sites (tertiary alicyclic amines) is 1. The van der Waals surface area contributed by atoms with E-state index in [-0.39, 0.29) is 36.5 Å². The van der Waals surface area contributed by atoms with Gasteiger partial charge < -0.3 is 19.7 Å². The Morgan fingerprint density at radius 1 is 1.32 bits per heavy atom. The minimum atomic E-state index is -0.715. The molecule has 1 aliphatic carbocycles. The van der Waals surface area contributed by atoms with Crippen LogP contribution in [0.25, 0.3) is 0 Å². The average molecular weight is 386 g/mol. The summed E-state index contributed by atoms with van der Waals surface area (Å²) < 4.78 is 11.5. The SMILES string of the molecule is COc1ccc2c(c1)O[C@]1(CCC(=O)N([C@H](C)C(=O)NC3CC3)CC1)CC2=O. The van der Waals surface area contributed by atoms with Crippen molar-refractivity contribution in [3.8, 4) is 11.5 Å². The molecule has 1 aromatic carbocycles. The van der Waals surface area contributed by atoms with Crippen molar-refractivity contribution in [2.45, 2.75) is 63.1 Å². The van der Waals surface area contributed by atoms with E-state index in [1.165, 1.54) is 0 Å². The second kappa shape index (κ2) is 7.11. The minimum Gasteiger partial charge on any atom is -0.497 e. The molecule has 2 fully saturated rings. The zero-order valence-electron chi connectivity index (χ0n) is 16.3. The average Bonchev–Trinajstić information content (AvgIpc) is 3.50. The number of ketones is 1. The Morgan fingerprint density at radius 3 is 2.82 bits per heavy atom. The monoisotopic (exact) mass is 386 g/mol. The number of nitrogens with zero attached hydrogens (tertiary/aromatic N) is 1. The van der Waals surface area contributed by atoms with Gasteiger partial charge in [-0.05, 0) is 38.3 Å². The fourth-order valence-electron chi connectivity index (χ4n) is 4.03. The van der Waals surface area contributed by atoms with Crippen molar-refractivity contribution in [2.24, 2.45) is 0 Å². The van der Waals surface area contributed by atoms with Gasteiger partial charge in [-0.3, -0.25) is 14.4 Å². The summed E-state index contributed by atoms with van der Waals surface area (Å²) >= 11 is 0. The second-order valence-corrected chi connectivity index (χ2v) is 8.04. The molecule has 7 nitrogen and oxygen atoms in total. The molecule has 2 amide bonds. The number of nitrogens with one attached hydrogen (secondary N) is 1. The highest BCUT2D eigenvalue weighted by Gasteiger charge is 2.44. The first-order chi connectivity index (χ1) is 13.4. The quantitative estimate of drug-likeness (QED) is 0.856. The number of carbonyl (C=O) groups excluding carboxylic acids is 3. The lowest BCUT2D eigenvalue weighted by atomic mass is 9.84. The summed E-state index contributed by atoms with van der Waals surface area (Å²) in [5.41, 5.74) is -0.163. The van der Waals surface area contributed by atoms with Crippen LogP contribution < -0.4 is 14.8 Å². The van der Waals surface area contributed by atoms with Crippen LogP contribution in [0.1, 0.15) is 55.8 Å². The van der Waals surface area contributed by atoms with Gasteiger partial charge in [-0.1, -0.05) is 0 Å². The number of rotatable bonds is 4. The number of benzene rings is 1. The third kappa shape index (κ3) is 3.57. The third-order valence-electron chi connectivity index (χ3n) is 5.99. The van der Waals surface area contributed by atoms with Crippen LogP contribution >= 0.6 is 0 Å². The summed E-state index contributed by atoms with van der Waals surface area (Å²) in [5, 5.41) is 2.96. The number of hydrogen-bond acceptors (Lipinski definition) is 5. The van der Waals surface area contributed by atoms with Crippen molar-refractivity contribution in [2.75, 3.05) is 13.7 Å². The number of Topliss-reactive ketones (excluding diaryl/α,β-unsaturated/α-hetero) is 1. The number of fused-ring (bicyclic) bond motifs is 1. The largest absolute Gasteiger partial charge is 0.497 e. The Bertz CT molecular complexity index is 819.